The Labute approximate surface area is 280 Å². The number of fused-ring (bicyclic) bond motifs is 1. The topological polar surface area (TPSA) is 129 Å². The molecule has 4 heterocycles. The highest BCUT2D eigenvalue weighted by molar-refractivity contribution is 7.17. The number of hydrogen-bond donors (Lipinski definition) is 2. The smallest absolute Gasteiger partial charge is 0.268 e. The largest absolute Gasteiger partial charge is 0.333 e. The van der Waals surface area contributed by atoms with Crippen LogP contribution in [0.15, 0.2) is 60.6 Å². The summed E-state index contributed by atoms with van der Waals surface area (Å²) in [5, 5.41) is 16.5. The minimum absolute atomic E-state index is 0.121. The fraction of sp³-hybridized carbons (Fsp3) is 0.444. The second-order valence-electron chi connectivity index (χ2n) is 14.4. The Bertz CT molecular complexity index is 1820. The lowest BCUT2D eigenvalue weighted by atomic mass is 9.88. The van der Waals surface area contributed by atoms with Gasteiger partial charge < -0.3 is 14.8 Å². The average Bonchev–Trinajstić information content (AvgIpc) is 3.77. The molecule has 3 aromatic heterocycles. The van der Waals surface area contributed by atoms with Crippen LogP contribution in [0.25, 0.3) is 21.6 Å². The summed E-state index contributed by atoms with van der Waals surface area (Å²) in [5.74, 6) is -0.115. The summed E-state index contributed by atoms with van der Waals surface area (Å²) >= 11 is 1.34. The third-order valence-corrected chi connectivity index (χ3v) is 9.66. The molecule has 47 heavy (non-hydrogen) atoms. The molecule has 1 fully saturated rings. The summed E-state index contributed by atoms with van der Waals surface area (Å²) in [5.41, 5.74) is 3.39. The Kier molecular flexibility index (Phi) is 9.94. The van der Waals surface area contributed by atoms with E-state index in [2.05, 4.69) is 66.5 Å². The van der Waals surface area contributed by atoms with Gasteiger partial charge in [-0.15, -0.1) is 11.3 Å². The van der Waals surface area contributed by atoms with E-state index in [0.29, 0.717) is 42.2 Å². The van der Waals surface area contributed by atoms with Crippen LogP contribution in [0.1, 0.15) is 76.5 Å². The molecule has 0 saturated carbocycles. The van der Waals surface area contributed by atoms with E-state index in [1.807, 2.05) is 37.5 Å². The molecular formula is C36H44N8O2S. The lowest BCUT2D eigenvalue weighted by Gasteiger charge is -2.28. The number of hydrogen-bond acceptors (Lipinski definition) is 8. The van der Waals surface area contributed by atoms with Crippen molar-refractivity contribution in [2.24, 2.45) is 10.8 Å². The first-order chi connectivity index (χ1) is 22.2. The van der Waals surface area contributed by atoms with Crippen LogP contribution in [-0.4, -0.2) is 54.9 Å². The van der Waals surface area contributed by atoms with Gasteiger partial charge in [-0.25, -0.2) is 4.98 Å². The molecule has 4 aromatic rings. The molecule has 2 N–H and O–H groups in total. The molecule has 0 aliphatic carbocycles. The van der Waals surface area contributed by atoms with Crippen molar-refractivity contribution in [2.75, 3.05) is 11.9 Å². The molecule has 0 spiro atoms. The zero-order chi connectivity index (χ0) is 33.9. The highest BCUT2D eigenvalue weighted by atomic mass is 32.1. The van der Waals surface area contributed by atoms with Crippen LogP contribution in [0.2, 0.25) is 0 Å². The van der Waals surface area contributed by atoms with Gasteiger partial charge in [-0.2, -0.15) is 5.26 Å². The molecule has 1 aromatic carbocycles. The van der Waals surface area contributed by atoms with Crippen LogP contribution < -0.4 is 10.6 Å². The molecule has 1 saturated heterocycles. The first kappa shape index (κ1) is 33.9. The first-order valence-electron chi connectivity index (χ1n) is 16.1. The molecule has 0 bridgehead atoms. The number of thiophene rings is 1. The molecule has 246 valence electrons. The van der Waals surface area contributed by atoms with Gasteiger partial charge in [-0.1, -0.05) is 53.7 Å². The van der Waals surface area contributed by atoms with Crippen LogP contribution in [0.5, 0.6) is 0 Å². The minimum Gasteiger partial charge on any atom is -0.333 e. The van der Waals surface area contributed by atoms with E-state index in [0.717, 1.165) is 34.3 Å². The number of benzene rings is 1. The normalized spacial score (nSPS) is 16.3. The molecule has 11 heteroatoms. The van der Waals surface area contributed by atoms with Crippen molar-refractivity contribution in [1.29, 1.82) is 5.26 Å². The molecule has 2 atom stereocenters. The van der Waals surface area contributed by atoms with Gasteiger partial charge in [0, 0.05) is 38.1 Å². The molecule has 1 aliphatic heterocycles. The van der Waals surface area contributed by atoms with Crippen LogP contribution in [-0.2, 0) is 17.9 Å². The number of allylic oxidation sites excluding steroid dienone is 1. The van der Waals surface area contributed by atoms with Crippen molar-refractivity contribution < 1.29 is 9.59 Å². The van der Waals surface area contributed by atoms with Crippen molar-refractivity contribution in [3.05, 3.63) is 71.0 Å². The summed E-state index contributed by atoms with van der Waals surface area (Å²) < 4.78 is 2.00. The number of nitrogens with one attached hydrogen (secondary N) is 2. The predicted molar refractivity (Wildman–Crippen MR) is 187 cm³/mol. The Morgan fingerprint density at radius 2 is 1.94 bits per heavy atom. The SMILES string of the molecule is C[C@H](NCc1ccc2c(c1)nc(NC(=O)c1ccc(-c3cnccn3)s1)n2C[C@H]1CCCN1C(=O)C(C#N)=CC(C)(C)C)C(C)(C)C. The van der Waals surface area contributed by atoms with Gasteiger partial charge in [-0.05, 0) is 60.4 Å². The average molecular weight is 653 g/mol. The monoisotopic (exact) mass is 652 g/mol. The number of likely N-dealkylation sites (tertiary alicyclic amines) is 1. The predicted octanol–water partition coefficient (Wildman–Crippen LogP) is 6.82. The van der Waals surface area contributed by atoms with Crippen LogP contribution >= 0.6 is 11.3 Å². The Balaban J connectivity index is 1.46. The van der Waals surface area contributed by atoms with Crippen molar-refractivity contribution >= 4 is 40.1 Å². The van der Waals surface area contributed by atoms with E-state index < -0.39 is 0 Å². The van der Waals surface area contributed by atoms with Gasteiger partial charge in [0.2, 0.25) is 5.95 Å². The Morgan fingerprint density at radius 3 is 2.62 bits per heavy atom. The molecular weight excluding hydrogens is 609 g/mol. The van der Waals surface area contributed by atoms with Crippen molar-refractivity contribution in [3.8, 4) is 16.6 Å². The number of carbonyl (C=O) groups excluding carboxylic acids is 2. The van der Waals surface area contributed by atoms with Crippen LogP contribution in [0, 0.1) is 22.2 Å². The highest BCUT2D eigenvalue weighted by Gasteiger charge is 2.33. The van der Waals surface area contributed by atoms with E-state index in [-0.39, 0.29) is 34.3 Å². The number of amides is 2. The number of nitrogens with zero attached hydrogens (tertiary/aromatic N) is 6. The van der Waals surface area contributed by atoms with E-state index in [1.165, 1.54) is 11.3 Å². The van der Waals surface area contributed by atoms with E-state index in [4.69, 9.17) is 4.98 Å². The fourth-order valence-corrected chi connectivity index (χ4v) is 6.43. The molecule has 0 unspecified atom stereocenters. The maximum atomic E-state index is 13.6. The number of rotatable bonds is 9. The summed E-state index contributed by atoms with van der Waals surface area (Å²) in [6, 6.07) is 12.1. The third kappa shape index (κ3) is 8.13. The molecule has 1 aliphatic rings. The number of imidazole rings is 1. The zero-order valence-electron chi connectivity index (χ0n) is 28.3. The van der Waals surface area contributed by atoms with E-state index in [9.17, 15) is 14.9 Å². The summed E-state index contributed by atoms with van der Waals surface area (Å²) in [4.78, 5) is 43.7. The fourth-order valence-electron chi connectivity index (χ4n) is 5.56. The maximum Gasteiger partial charge on any atom is 0.268 e. The standard InChI is InChI=1S/C36H44N8O2S/c1-23(36(5,6)7)40-20-24-10-11-29-27(17-24)41-34(42-32(45)31-13-12-30(47-31)28-21-38-14-15-39-28)44(29)22-26-9-8-16-43(26)33(46)25(19-37)18-35(2,3)4/h10-15,17-18,21,23,26,40H,8-9,16,20,22H2,1-7H3,(H,41,42,45)/t23-,26+/m0/s1. The van der Waals surface area contributed by atoms with Gasteiger partial charge in [0.05, 0.1) is 38.7 Å². The summed E-state index contributed by atoms with van der Waals surface area (Å²) in [6.45, 7) is 16.4. The van der Waals surface area contributed by atoms with Crippen LogP contribution in [0.3, 0.4) is 0 Å². The van der Waals surface area contributed by atoms with Crippen molar-refractivity contribution in [2.45, 2.75) is 86.5 Å². The zero-order valence-corrected chi connectivity index (χ0v) is 29.1. The lowest BCUT2D eigenvalue weighted by Crippen LogP contribution is -2.39. The summed E-state index contributed by atoms with van der Waals surface area (Å²) in [7, 11) is 0. The van der Waals surface area contributed by atoms with Gasteiger partial charge in [0.1, 0.15) is 11.6 Å². The Hall–Kier alpha value is -4.40. The minimum atomic E-state index is -0.306. The lowest BCUT2D eigenvalue weighted by molar-refractivity contribution is -0.127. The second-order valence-corrected chi connectivity index (χ2v) is 15.5. The number of nitriles is 1. The summed E-state index contributed by atoms with van der Waals surface area (Å²) in [6.07, 6.45) is 8.27. The highest BCUT2D eigenvalue weighted by Crippen LogP contribution is 2.30. The van der Waals surface area contributed by atoms with E-state index >= 15 is 0 Å². The van der Waals surface area contributed by atoms with Crippen molar-refractivity contribution in [1.82, 2.24) is 29.7 Å². The van der Waals surface area contributed by atoms with E-state index in [1.54, 1.807) is 35.6 Å². The third-order valence-electron chi connectivity index (χ3n) is 8.55. The first-order valence-corrected chi connectivity index (χ1v) is 16.9. The Morgan fingerprint density at radius 1 is 1.15 bits per heavy atom. The van der Waals surface area contributed by atoms with Gasteiger partial charge in [0.15, 0.2) is 0 Å². The van der Waals surface area contributed by atoms with Gasteiger partial charge in [-0.3, -0.25) is 24.9 Å². The number of anilines is 1. The van der Waals surface area contributed by atoms with Gasteiger partial charge in [0.25, 0.3) is 11.8 Å². The molecule has 5 rings (SSSR count). The molecule has 0 radical (unpaired) electrons. The van der Waals surface area contributed by atoms with Crippen molar-refractivity contribution in [3.63, 3.8) is 0 Å². The maximum absolute atomic E-state index is 13.6. The van der Waals surface area contributed by atoms with Crippen LogP contribution in [0.4, 0.5) is 5.95 Å². The quantitative estimate of drug-likeness (QED) is 0.150. The second kappa shape index (κ2) is 13.8. The molecule has 2 amide bonds. The number of aromatic nitrogens is 4. The number of carbonyl (C=O) groups is 2. The molecule has 10 nitrogen and oxygen atoms in total. The van der Waals surface area contributed by atoms with Gasteiger partial charge >= 0.3 is 0 Å².